The molecule has 2 aliphatic rings. The van der Waals surface area contributed by atoms with Crippen LogP contribution in [0.5, 0.6) is 0 Å². The van der Waals surface area contributed by atoms with E-state index in [2.05, 4.69) is 4.72 Å². The van der Waals surface area contributed by atoms with Crippen molar-refractivity contribution < 1.29 is 18.3 Å². The lowest BCUT2D eigenvalue weighted by molar-refractivity contribution is -0.118. The van der Waals surface area contributed by atoms with Crippen LogP contribution in [0.1, 0.15) is 35.6 Å². The molecule has 0 fully saturated rings. The first kappa shape index (κ1) is 17.7. The Labute approximate surface area is 156 Å². The molecular formula is C18H20N2O4S2. The first-order valence-corrected chi connectivity index (χ1v) is 11.0. The Kier molecular flexibility index (Phi) is 4.60. The Morgan fingerprint density at radius 1 is 1.23 bits per heavy atom. The molecule has 2 aromatic rings. The molecule has 2 N–H and O–H groups in total. The number of benzene rings is 1. The fraction of sp³-hybridized carbons (Fsp3) is 0.389. The minimum atomic E-state index is -3.65. The van der Waals surface area contributed by atoms with E-state index in [-0.39, 0.29) is 17.3 Å². The summed E-state index contributed by atoms with van der Waals surface area (Å²) >= 11 is 1.50. The largest absolute Gasteiger partial charge is 0.388 e. The van der Waals surface area contributed by atoms with Gasteiger partial charge in [-0.2, -0.15) is 11.3 Å². The molecule has 0 radical (unpaired) electrons. The van der Waals surface area contributed by atoms with Crippen LogP contribution in [0, 0.1) is 0 Å². The number of hydrogen-bond donors (Lipinski definition) is 2. The zero-order valence-electron chi connectivity index (χ0n) is 14.1. The summed E-state index contributed by atoms with van der Waals surface area (Å²) in [4.78, 5) is 14.0. The van der Waals surface area contributed by atoms with E-state index in [9.17, 15) is 18.3 Å². The molecule has 3 heterocycles. The van der Waals surface area contributed by atoms with Crippen molar-refractivity contribution in [3.8, 4) is 0 Å². The molecule has 8 heteroatoms. The van der Waals surface area contributed by atoms with Gasteiger partial charge in [0.25, 0.3) is 0 Å². The highest BCUT2D eigenvalue weighted by Crippen LogP contribution is 2.38. The summed E-state index contributed by atoms with van der Waals surface area (Å²) in [5, 5.41) is 13.8. The SMILES string of the molecule is O=C1CCc2cc(S(=O)(=O)NCCC(O)c3ccsc3)cc3c2N1CC3. The van der Waals surface area contributed by atoms with Gasteiger partial charge in [0.15, 0.2) is 0 Å². The van der Waals surface area contributed by atoms with Gasteiger partial charge in [-0.3, -0.25) is 4.79 Å². The summed E-state index contributed by atoms with van der Waals surface area (Å²) in [5.74, 6) is 0.118. The lowest BCUT2D eigenvalue weighted by Gasteiger charge is -2.25. The Bertz CT molecular complexity index is 938. The van der Waals surface area contributed by atoms with Crippen molar-refractivity contribution in [3.63, 3.8) is 0 Å². The van der Waals surface area contributed by atoms with E-state index in [1.54, 1.807) is 17.0 Å². The van der Waals surface area contributed by atoms with Crippen LogP contribution < -0.4 is 9.62 Å². The Hall–Kier alpha value is -1.74. The molecule has 0 bridgehead atoms. The van der Waals surface area contributed by atoms with E-state index in [0.29, 0.717) is 32.2 Å². The maximum absolute atomic E-state index is 12.7. The molecule has 0 aliphatic carbocycles. The van der Waals surface area contributed by atoms with Gasteiger partial charge in [0, 0.05) is 19.5 Å². The number of rotatable bonds is 6. The predicted molar refractivity (Wildman–Crippen MR) is 99.9 cm³/mol. The first-order valence-electron chi connectivity index (χ1n) is 8.62. The van der Waals surface area contributed by atoms with Crippen molar-refractivity contribution in [1.82, 2.24) is 4.72 Å². The van der Waals surface area contributed by atoms with Gasteiger partial charge in [-0.1, -0.05) is 0 Å². The van der Waals surface area contributed by atoms with E-state index in [0.717, 1.165) is 22.4 Å². The molecule has 1 amide bonds. The van der Waals surface area contributed by atoms with Crippen LogP contribution in [0.4, 0.5) is 5.69 Å². The Morgan fingerprint density at radius 3 is 2.73 bits per heavy atom. The average molecular weight is 393 g/mol. The summed E-state index contributed by atoms with van der Waals surface area (Å²) in [6.07, 6.45) is 1.34. The number of hydrogen-bond acceptors (Lipinski definition) is 5. The Balaban J connectivity index is 1.49. The standard InChI is InChI=1S/C18H20N2O4S2/c21-16(14-5-8-25-11-14)3-6-19-26(23,24)15-9-12-1-2-17(22)20-7-4-13(10-15)18(12)20/h5,8-11,16,19,21H,1-4,6-7H2. The number of carbonyl (C=O) groups excluding carboxylic acids is 1. The van der Waals surface area contributed by atoms with E-state index in [1.807, 2.05) is 16.8 Å². The number of amides is 1. The molecule has 138 valence electrons. The van der Waals surface area contributed by atoms with Crippen molar-refractivity contribution in [2.75, 3.05) is 18.0 Å². The summed E-state index contributed by atoms with van der Waals surface area (Å²) in [6.45, 7) is 0.793. The van der Waals surface area contributed by atoms with Gasteiger partial charge in [0.1, 0.15) is 0 Å². The molecule has 0 saturated heterocycles. The van der Waals surface area contributed by atoms with Crippen molar-refractivity contribution in [3.05, 3.63) is 45.6 Å². The quantitative estimate of drug-likeness (QED) is 0.787. The highest BCUT2D eigenvalue weighted by Gasteiger charge is 2.32. The van der Waals surface area contributed by atoms with Crippen LogP contribution in [-0.2, 0) is 27.7 Å². The molecular weight excluding hydrogens is 372 g/mol. The fourth-order valence-electron chi connectivity index (χ4n) is 3.63. The van der Waals surface area contributed by atoms with Crippen molar-refractivity contribution in [2.24, 2.45) is 0 Å². The van der Waals surface area contributed by atoms with Crippen molar-refractivity contribution in [1.29, 1.82) is 0 Å². The third-order valence-electron chi connectivity index (χ3n) is 4.97. The van der Waals surface area contributed by atoms with Crippen LogP contribution in [-0.4, -0.2) is 32.5 Å². The van der Waals surface area contributed by atoms with Crippen molar-refractivity contribution in [2.45, 2.75) is 36.7 Å². The lowest BCUT2D eigenvalue weighted by Crippen LogP contribution is -2.33. The van der Waals surface area contributed by atoms with Gasteiger partial charge in [0.05, 0.1) is 16.7 Å². The lowest BCUT2D eigenvalue weighted by atomic mass is 10.00. The first-order chi connectivity index (χ1) is 12.5. The molecule has 2 aliphatic heterocycles. The van der Waals surface area contributed by atoms with Gasteiger partial charge in [-0.15, -0.1) is 0 Å². The minimum Gasteiger partial charge on any atom is -0.388 e. The summed E-state index contributed by atoms with van der Waals surface area (Å²) in [7, 11) is -3.65. The molecule has 1 atom stereocenters. The third kappa shape index (κ3) is 3.18. The highest BCUT2D eigenvalue weighted by atomic mass is 32.2. The summed E-state index contributed by atoms with van der Waals surface area (Å²) in [5.41, 5.74) is 3.57. The molecule has 0 saturated carbocycles. The molecule has 1 unspecified atom stereocenters. The van der Waals surface area contributed by atoms with Crippen LogP contribution in [0.3, 0.4) is 0 Å². The number of thiophene rings is 1. The zero-order chi connectivity index (χ0) is 18.3. The number of sulfonamides is 1. The number of aliphatic hydroxyl groups is 1. The second kappa shape index (κ2) is 6.77. The fourth-order valence-corrected chi connectivity index (χ4v) is 5.48. The second-order valence-corrected chi connectivity index (χ2v) is 9.19. The molecule has 4 rings (SSSR count). The van der Waals surface area contributed by atoms with Crippen LogP contribution in [0.2, 0.25) is 0 Å². The molecule has 26 heavy (non-hydrogen) atoms. The third-order valence-corrected chi connectivity index (χ3v) is 7.12. The topological polar surface area (TPSA) is 86.7 Å². The molecule has 1 aromatic carbocycles. The number of anilines is 1. The summed E-state index contributed by atoms with van der Waals surface area (Å²) in [6, 6.07) is 5.19. The maximum atomic E-state index is 12.7. The molecule has 6 nitrogen and oxygen atoms in total. The van der Waals surface area contributed by atoms with Crippen molar-refractivity contribution >= 4 is 33.0 Å². The van der Waals surface area contributed by atoms with Gasteiger partial charge >= 0.3 is 0 Å². The van der Waals surface area contributed by atoms with E-state index in [1.165, 1.54) is 11.3 Å². The van der Waals surface area contributed by atoms with E-state index in [4.69, 9.17) is 0 Å². The van der Waals surface area contributed by atoms with E-state index >= 15 is 0 Å². The Morgan fingerprint density at radius 2 is 2.00 bits per heavy atom. The highest BCUT2D eigenvalue weighted by molar-refractivity contribution is 7.89. The van der Waals surface area contributed by atoms with Gasteiger partial charge < -0.3 is 10.0 Å². The van der Waals surface area contributed by atoms with Gasteiger partial charge in [-0.05, 0) is 64.9 Å². The van der Waals surface area contributed by atoms with Crippen LogP contribution in [0.15, 0.2) is 33.9 Å². The summed E-state index contributed by atoms with van der Waals surface area (Å²) < 4.78 is 27.9. The maximum Gasteiger partial charge on any atom is 0.240 e. The van der Waals surface area contributed by atoms with Gasteiger partial charge in [0.2, 0.25) is 15.9 Å². The number of nitrogens with one attached hydrogen (secondary N) is 1. The zero-order valence-corrected chi connectivity index (χ0v) is 15.8. The predicted octanol–water partition coefficient (Wildman–Crippen LogP) is 1.99. The smallest absolute Gasteiger partial charge is 0.240 e. The van der Waals surface area contributed by atoms with Crippen LogP contribution in [0.25, 0.3) is 0 Å². The number of carbonyl (C=O) groups is 1. The number of aliphatic hydroxyl groups excluding tert-OH is 1. The minimum absolute atomic E-state index is 0.118. The second-order valence-electron chi connectivity index (χ2n) is 6.64. The normalized spacial score (nSPS) is 17.4. The average Bonchev–Trinajstić information content (AvgIpc) is 3.28. The molecule has 1 aromatic heterocycles. The molecule has 0 spiro atoms. The number of aryl methyl sites for hydroxylation is 1. The monoisotopic (exact) mass is 392 g/mol. The van der Waals surface area contributed by atoms with Crippen LogP contribution >= 0.6 is 11.3 Å². The number of nitrogens with zero attached hydrogens (tertiary/aromatic N) is 1. The van der Waals surface area contributed by atoms with Gasteiger partial charge in [-0.25, -0.2) is 13.1 Å². The van der Waals surface area contributed by atoms with E-state index < -0.39 is 16.1 Å².